The highest BCUT2D eigenvalue weighted by Crippen LogP contribution is 2.12. The fourth-order valence-corrected chi connectivity index (χ4v) is 0.797. The monoisotopic (exact) mass is 197 g/mol. The van der Waals surface area contributed by atoms with Crippen LogP contribution in [0.25, 0.3) is 0 Å². The average molecular weight is 197 g/mol. The van der Waals surface area contributed by atoms with Crippen molar-refractivity contribution in [2.45, 2.75) is 33.0 Å². The van der Waals surface area contributed by atoms with Crippen LogP contribution in [0, 0.1) is 0 Å². The molecule has 0 N–H and O–H groups in total. The zero-order chi connectivity index (χ0) is 11.1. The molecule has 1 saturated heterocycles. The van der Waals surface area contributed by atoms with Gasteiger partial charge in [-0.1, -0.05) is 13.8 Å². The standard InChI is InChI=1S/C6H6BNO4.C2H6/c7-3-6(11)12-8-4(9)1-2-5(8)10;1-2/h1-3H2;1-2H3. The Bertz CT molecular complexity index is 225. The molecule has 6 heteroatoms. The molecule has 5 nitrogen and oxygen atoms in total. The van der Waals surface area contributed by atoms with Crippen LogP contribution in [-0.4, -0.2) is 30.7 Å². The molecule has 0 aromatic carbocycles. The number of hydrogen-bond donors (Lipinski definition) is 0. The molecular formula is C8H12BNO4. The molecule has 2 amide bonds. The Morgan fingerprint density at radius 1 is 1.36 bits per heavy atom. The number of hydrogen-bond acceptors (Lipinski definition) is 4. The molecule has 1 rings (SSSR count). The molecule has 1 aliphatic rings. The van der Waals surface area contributed by atoms with E-state index in [1.807, 2.05) is 13.8 Å². The van der Waals surface area contributed by atoms with E-state index in [-0.39, 0.29) is 19.2 Å². The second-order valence-electron chi connectivity index (χ2n) is 2.25. The summed E-state index contributed by atoms with van der Waals surface area (Å²) in [4.78, 5) is 36.6. The maximum atomic E-state index is 10.8. The van der Waals surface area contributed by atoms with E-state index in [1.54, 1.807) is 0 Å². The molecular weight excluding hydrogens is 185 g/mol. The van der Waals surface area contributed by atoms with Gasteiger partial charge in [0.25, 0.3) is 11.8 Å². The topological polar surface area (TPSA) is 63.7 Å². The SMILES string of the molecule is CC.[B]CC(=O)ON1C(=O)CCC1=O. The third-order valence-electron chi connectivity index (χ3n) is 1.37. The Balaban J connectivity index is 0.000000791. The summed E-state index contributed by atoms with van der Waals surface area (Å²) in [5, 5.41) is 0.467. The van der Waals surface area contributed by atoms with Gasteiger partial charge in [0.1, 0.15) is 0 Å². The van der Waals surface area contributed by atoms with Crippen molar-refractivity contribution in [1.82, 2.24) is 5.06 Å². The first-order valence-corrected chi connectivity index (χ1v) is 4.42. The molecule has 0 aliphatic carbocycles. The maximum absolute atomic E-state index is 10.8. The molecule has 0 bridgehead atoms. The molecule has 0 saturated carbocycles. The molecule has 0 aromatic rings. The Kier molecular flexibility index (Phi) is 5.59. The minimum Gasteiger partial charge on any atom is -0.331 e. The van der Waals surface area contributed by atoms with E-state index < -0.39 is 17.8 Å². The van der Waals surface area contributed by atoms with Gasteiger partial charge < -0.3 is 4.84 Å². The fourth-order valence-electron chi connectivity index (χ4n) is 0.797. The Morgan fingerprint density at radius 2 is 1.79 bits per heavy atom. The zero-order valence-corrected chi connectivity index (χ0v) is 8.28. The van der Waals surface area contributed by atoms with Crippen molar-refractivity contribution in [3.05, 3.63) is 0 Å². The van der Waals surface area contributed by atoms with Crippen molar-refractivity contribution in [2.24, 2.45) is 0 Å². The maximum Gasteiger partial charge on any atom is 0.324 e. The van der Waals surface area contributed by atoms with E-state index in [0.717, 1.165) is 0 Å². The summed E-state index contributed by atoms with van der Waals surface area (Å²) >= 11 is 0. The molecule has 1 heterocycles. The number of hydroxylamine groups is 2. The molecule has 1 fully saturated rings. The van der Waals surface area contributed by atoms with E-state index in [1.165, 1.54) is 0 Å². The van der Waals surface area contributed by atoms with Crippen LogP contribution in [0.2, 0.25) is 6.32 Å². The quantitative estimate of drug-likeness (QED) is 0.468. The number of imide groups is 1. The third kappa shape index (κ3) is 3.20. The van der Waals surface area contributed by atoms with Crippen molar-refractivity contribution in [3.8, 4) is 0 Å². The van der Waals surface area contributed by atoms with E-state index >= 15 is 0 Å². The molecule has 1 aliphatic heterocycles. The highest BCUT2D eigenvalue weighted by Gasteiger charge is 2.32. The van der Waals surface area contributed by atoms with Crippen molar-refractivity contribution in [2.75, 3.05) is 0 Å². The van der Waals surface area contributed by atoms with E-state index in [2.05, 4.69) is 4.84 Å². The zero-order valence-electron chi connectivity index (χ0n) is 8.28. The number of nitrogens with zero attached hydrogens (tertiary/aromatic N) is 1. The van der Waals surface area contributed by atoms with Gasteiger partial charge >= 0.3 is 5.97 Å². The lowest BCUT2D eigenvalue weighted by atomic mass is 10.1. The van der Waals surface area contributed by atoms with Gasteiger partial charge in [0.2, 0.25) is 0 Å². The largest absolute Gasteiger partial charge is 0.331 e. The fraction of sp³-hybridized carbons (Fsp3) is 0.625. The van der Waals surface area contributed by atoms with Gasteiger partial charge in [0.05, 0.1) is 7.85 Å². The van der Waals surface area contributed by atoms with Gasteiger partial charge in [0.15, 0.2) is 0 Å². The van der Waals surface area contributed by atoms with Crippen molar-refractivity contribution < 1.29 is 19.2 Å². The molecule has 0 aromatic heterocycles. The van der Waals surface area contributed by atoms with Gasteiger partial charge in [-0.2, -0.15) is 0 Å². The minimum atomic E-state index is -0.793. The van der Waals surface area contributed by atoms with E-state index in [4.69, 9.17) is 7.85 Å². The number of amides is 2. The summed E-state index contributed by atoms with van der Waals surface area (Å²) in [6.45, 7) is 4.00. The van der Waals surface area contributed by atoms with Gasteiger partial charge in [-0.3, -0.25) is 14.4 Å². The Hall–Kier alpha value is -1.33. The van der Waals surface area contributed by atoms with Crippen LogP contribution in [0.15, 0.2) is 0 Å². The van der Waals surface area contributed by atoms with E-state index in [9.17, 15) is 14.4 Å². The lowest BCUT2D eigenvalue weighted by Gasteiger charge is -2.11. The van der Waals surface area contributed by atoms with Crippen molar-refractivity contribution >= 4 is 25.6 Å². The highest BCUT2D eigenvalue weighted by atomic mass is 16.7. The number of carbonyl (C=O) groups is 3. The summed E-state index contributed by atoms with van der Waals surface area (Å²) in [5.74, 6) is -1.79. The highest BCUT2D eigenvalue weighted by molar-refractivity contribution is 6.18. The second kappa shape index (κ2) is 6.18. The smallest absolute Gasteiger partial charge is 0.324 e. The molecule has 76 valence electrons. The van der Waals surface area contributed by atoms with E-state index in [0.29, 0.717) is 5.06 Å². The van der Waals surface area contributed by atoms with Crippen LogP contribution in [0.1, 0.15) is 26.7 Å². The summed E-state index contributed by atoms with van der Waals surface area (Å²) in [6, 6.07) is 0. The lowest BCUT2D eigenvalue weighted by molar-refractivity contribution is -0.195. The first-order valence-electron chi connectivity index (χ1n) is 4.42. The minimum absolute atomic E-state index is 0.0939. The molecule has 0 spiro atoms. The van der Waals surface area contributed by atoms with Crippen LogP contribution in [0.4, 0.5) is 0 Å². The van der Waals surface area contributed by atoms with Crippen LogP contribution in [-0.2, 0) is 19.2 Å². The van der Waals surface area contributed by atoms with Gasteiger partial charge in [-0.15, -0.1) is 5.06 Å². The van der Waals surface area contributed by atoms with Crippen LogP contribution >= 0.6 is 0 Å². The van der Waals surface area contributed by atoms with Crippen molar-refractivity contribution in [1.29, 1.82) is 0 Å². The van der Waals surface area contributed by atoms with Crippen LogP contribution in [0.5, 0.6) is 0 Å². The van der Waals surface area contributed by atoms with Gasteiger partial charge in [-0.25, -0.2) is 0 Å². The first kappa shape index (κ1) is 12.7. The third-order valence-corrected chi connectivity index (χ3v) is 1.37. The van der Waals surface area contributed by atoms with Crippen LogP contribution in [0.3, 0.4) is 0 Å². The van der Waals surface area contributed by atoms with Crippen molar-refractivity contribution in [3.63, 3.8) is 0 Å². The summed E-state index contributed by atoms with van der Waals surface area (Å²) in [6.07, 6.45) is -0.162. The number of carbonyl (C=O) groups excluding carboxylic acids is 3. The second-order valence-corrected chi connectivity index (χ2v) is 2.25. The predicted octanol–water partition coefficient (Wildman–Crippen LogP) is 0.207. The average Bonchev–Trinajstić information content (AvgIpc) is 2.52. The predicted molar refractivity (Wildman–Crippen MR) is 49.1 cm³/mol. The molecule has 2 radical (unpaired) electrons. The molecule has 0 unspecified atom stereocenters. The Morgan fingerprint density at radius 3 is 2.14 bits per heavy atom. The number of rotatable bonds is 2. The summed E-state index contributed by atoms with van der Waals surface area (Å²) < 4.78 is 0. The molecule has 14 heavy (non-hydrogen) atoms. The Labute approximate surface area is 83.8 Å². The van der Waals surface area contributed by atoms with Gasteiger partial charge in [0, 0.05) is 19.2 Å². The lowest BCUT2D eigenvalue weighted by Crippen LogP contribution is -2.31. The summed E-state index contributed by atoms with van der Waals surface area (Å²) in [5.41, 5.74) is 0. The van der Waals surface area contributed by atoms with Crippen LogP contribution < -0.4 is 0 Å². The molecule has 0 atom stereocenters. The summed E-state index contributed by atoms with van der Waals surface area (Å²) in [7, 11) is 4.92. The first-order chi connectivity index (χ1) is 6.65. The normalized spacial score (nSPS) is 14.9. The van der Waals surface area contributed by atoms with Gasteiger partial charge in [-0.05, 0) is 0 Å².